The zero-order valence-electron chi connectivity index (χ0n) is 12.1. The first-order valence-corrected chi connectivity index (χ1v) is 6.94. The minimum Gasteiger partial charge on any atom is -0.447 e. The molecule has 0 aliphatic rings. The second-order valence-corrected chi connectivity index (χ2v) is 4.54. The number of hydrogen-bond acceptors (Lipinski definition) is 7. The highest BCUT2D eigenvalue weighted by molar-refractivity contribution is 5.81. The van der Waals surface area contributed by atoms with Gasteiger partial charge in [0.2, 0.25) is 5.91 Å². The highest BCUT2D eigenvalue weighted by Gasteiger charge is 2.12. The van der Waals surface area contributed by atoms with E-state index < -0.39 is 24.8 Å². The molecule has 124 valence electrons. The van der Waals surface area contributed by atoms with Crippen LogP contribution in [-0.4, -0.2) is 67.2 Å². The zero-order chi connectivity index (χ0) is 16.1. The summed E-state index contributed by atoms with van der Waals surface area (Å²) in [5.41, 5.74) is 11.0. The molecule has 0 heterocycles. The molecule has 0 spiro atoms. The normalized spacial score (nSPS) is 13.3. The highest BCUT2D eigenvalue weighted by Crippen LogP contribution is 1.97. The standard InChI is InChI=1S/C12H26N4O5/c13-4-2-1-3-10(14)11(19)15-5-6-16-12(20)21-8-9(18)7-17/h9-10,17-18H,1-8,13-14H2,(H,15,19)(H,16,20)/t9-,10+/m1/s1. The lowest BCUT2D eigenvalue weighted by Crippen LogP contribution is -2.43. The van der Waals surface area contributed by atoms with Crippen molar-refractivity contribution in [1.82, 2.24) is 10.6 Å². The molecule has 0 aromatic heterocycles. The van der Waals surface area contributed by atoms with Gasteiger partial charge >= 0.3 is 6.09 Å². The van der Waals surface area contributed by atoms with Gasteiger partial charge in [-0.3, -0.25) is 4.79 Å². The molecule has 0 bridgehead atoms. The van der Waals surface area contributed by atoms with Crippen LogP contribution in [0.5, 0.6) is 0 Å². The van der Waals surface area contributed by atoms with Gasteiger partial charge in [-0.2, -0.15) is 0 Å². The van der Waals surface area contributed by atoms with E-state index in [0.29, 0.717) is 13.0 Å². The average molecular weight is 306 g/mol. The average Bonchev–Trinajstić information content (AvgIpc) is 2.48. The Hall–Kier alpha value is -1.42. The molecule has 0 saturated heterocycles. The fraction of sp³-hybridized carbons (Fsp3) is 0.833. The highest BCUT2D eigenvalue weighted by atomic mass is 16.6. The number of amides is 2. The Morgan fingerprint density at radius 3 is 2.48 bits per heavy atom. The summed E-state index contributed by atoms with van der Waals surface area (Å²) in [4.78, 5) is 22.7. The van der Waals surface area contributed by atoms with Crippen molar-refractivity contribution >= 4 is 12.0 Å². The summed E-state index contributed by atoms with van der Waals surface area (Å²) in [7, 11) is 0. The van der Waals surface area contributed by atoms with Gasteiger partial charge in [0.1, 0.15) is 12.7 Å². The lowest BCUT2D eigenvalue weighted by molar-refractivity contribution is -0.122. The molecule has 0 aromatic carbocycles. The molecular weight excluding hydrogens is 280 g/mol. The number of nitrogens with two attached hydrogens (primary N) is 2. The lowest BCUT2D eigenvalue weighted by Gasteiger charge is -2.13. The molecule has 0 fully saturated rings. The van der Waals surface area contributed by atoms with Gasteiger partial charge in [0.05, 0.1) is 12.6 Å². The van der Waals surface area contributed by atoms with Crippen LogP contribution >= 0.6 is 0 Å². The number of rotatable bonds is 11. The number of ether oxygens (including phenoxy) is 1. The Balaban J connectivity index is 3.60. The Morgan fingerprint density at radius 1 is 1.19 bits per heavy atom. The number of carbonyl (C=O) groups excluding carboxylic acids is 2. The quantitative estimate of drug-likeness (QED) is 0.233. The summed E-state index contributed by atoms with van der Waals surface area (Å²) < 4.78 is 4.61. The van der Waals surface area contributed by atoms with Gasteiger partial charge in [0.15, 0.2) is 0 Å². The van der Waals surface area contributed by atoms with E-state index in [-0.39, 0.29) is 25.6 Å². The maximum absolute atomic E-state index is 11.6. The number of nitrogens with one attached hydrogen (secondary N) is 2. The molecular formula is C12H26N4O5. The van der Waals surface area contributed by atoms with Crippen molar-refractivity contribution in [3.05, 3.63) is 0 Å². The maximum Gasteiger partial charge on any atom is 0.407 e. The first kappa shape index (κ1) is 19.6. The van der Waals surface area contributed by atoms with Crippen molar-refractivity contribution < 1.29 is 24.5 Å². The molecule has 0 aliphatic carbocycles. The number of unbranched alkanes of at least 4 members (excludes halogenated alkanes) is 1. The van der Waals surface area contributed by atoms with Crippen molar-refractivity contribution in [2.45, 2.75) is 31.4 Å². The van der Waals surface area contributed by atoms with E-state index in [1.54, 1.807) is 0 Å². The summed E-state index contributed by atoms with van der Waals surface area (Å²) >= 11 is 0. The Kier molecular flexibility index (Phi) is 11.5. The van der Waals surface area contributed by atoms with Gasteiger partial charge in [0.25, 0.3) is 0 Å². The van der Waals surface area contributed by atoms with Crippen molar-refractivity contribution in [1.29, 1.82) is 0 Å². The number of alkyl carbamates (subject to hydrolysis) is 1. The van der Waals surface area contributed by atoms with E-state index in [0.717, 1.165) is 12.8 Å². The molecule has 9 nitrogen and oxygen atoms in total. The van der Waals surface area contributed by atoms with Gasteiger partial charge in [-0.05, 0) is 19.4 Å². The molecule has 0 aliphatic heterocycles. The lowest BCUT2D eigenvalue weighted by atomic mass is 10.1. The fourth-order valence-corrected chi connectivity index (χ4v) is 1.40. The zero-order valence-corrected chi connectivity index (χ0v) is 12.1. The molecule has 0 unspecified atom stereocenters. The second kappa shape index (κ2) is 12.3. The molecule has 0 radical (unpaired) electrons. The van der Waals surface area contributed by atoms with Crippen molar-refractivity contribution in [3.63, 3.8) is 0 Å². The molecule has 0 aromatic rings. The minimum absolute atomic E-state index is 0.176. The second-order valence-electron chi connectivity index (χ2n) is 4.54. The summed E-state index contributed by atoms with van der Waals surface area (Å²) in [5.74, 6) is -0.280. The van der Waals surface area contributed by atoms with Gasteiger partial charge in [-0.1, -0.05) is 6.42 Å². The van der Waals surface area contributed by atoms with Crippen LogP contribution < -0.4 is 22.1 Å². The molecule has 21 heavy (non-hydrogen) atoms. The molecule has 0 rings (SSSR count). The molecule has 8 N–H and O–H groups in total. The summed E-state index contributed by atoms with van der Waals surface area (Å²) in [6, 6.07) is -0.580. The van der Waals surface area contributed by atoms with E-state index in [4.69, 9.17) is 21.7 Å². The van der Waals surface area contributed by atoms with Crippen LogP contribution in [-0.2, 0) is 9.53 Å². The van der Waals surface area contributed by atoms with Crippen molar-refractivity contribution in [2.24, 2.45) is 11.5 Å². The van der Waals surface area contributed by atoms with Crippen LogP contribution in [0.2, 0.25) is 0 Å². The van der Waals surface area contributed by atoms with E-state index in [1.807, 2.05) is 0 Å². The van der Waals surface area contributed by atoms with Crippen molar-refractivity contribution in [3.8, 4) is 0 Å². The van der Waals surface area contributed by atoms with Gasteiger partial charge in [-0.15, -0.1) is 0 Å². The van der Waals surface area contributed by atoms with Gasteiger partial charge in [-0.25, -0.2) is 4.79 Å². The van der Waals surface area contributed by atoms with Crippen LogP contribution in [0.15, 0.2) is 0 Å². The largest absolute Gasteiger partial charge is 0.447 e. The molecule has 0 saturated carbocycles. The Morgan fingerprint density at radius 2 is 1.86 bits per heavy atom. The molecule has 2 atom stereocenters. The van der Waals surface area contributed by atoms with E-state index >= 15 is 0 Å². The maximum atomic E-state index is 11.6. The fourth-order valence-electron chi connectivity index (χ4n) is 1.40. The minimum atomic E-state index is -1.10. The van der Waals surface area contributed by atoms with Crippen molar-refractivity contribution in [2.75, 3.05) is 32.8 Å². The Bertz CT molecular complexity index is 303. The van der Waals surface area contributed by atoms with Crippen LogP contribution in [0.25, 0.3) is 0 Å². The van der Waals surface area contributed by atoms with Crippen LogP contribution in [0.3, 0.4) is 0 Å². The summed E-state index contributed by atoms with van der Waals surface area (Å²) in [5, 5.41) is 22.5. The molecule has 9 heteroatoms. The number of aliphatic hydroxyl groups excluding tert-OH is 2. The summed E-state index contributed by atoms with van der Waals surface area (Å²) in [6.45, 7) is 0.202. The third-order valence-electron chi connectivity index (χ3n) is 2.62. The Labute approximate surface area is 124 Å². The third kappa shape index (κ3) is 11.0. The van der Waals surface area contributed by atoms with E-state index in [2.05, 4.69) is 15.4 Å². The number of hydrogen-bond donors (Lipinski definition) is 6. The monoisotopic (exact) mass is 306 g/mol. The predicted molar refractivity (Wildman–Crippen MR) is 76.3 cm³/mol. The van der Waals surface area contributed by atoms with E-state index in [1.165, 1.54) is 0 Å². The SMILES string of the molecule is NCCCC[C@H](N)C(=O)NCCNC(=O)OC[C@H](O)CO. The van der Waals surface area contributed by atoms with Gasteiger partial charge in [0, 0.05) is 13.1 Å². The topological polar surface area (TPSA) is 160 Å². The smallest absolute Gasteiger partial charge is 0.407 e. The first-order valence-electron chi connectivity index (χ1n) is 6.94. The third-order valence-corrected chi connectivity index (χ3v) is 2.62. The van der Waals surface area contributed by atoms with Gasteiger partial charge < -0.3 is 37.1 Å². The summed E-state index contributed by atoms with van der Waals surface area (Å²) in [6.07, 6.45) is 0.361. The predicted octanol–water partition coefficient (Wildman–Crippen LogP) is -2.36. The number of carbonyl (C=O) groups is 2. The van der Waals surface area contributed by atoms with Crippen LogP contribution in [0, 0.1) is 0 Å². The molecule has 2 amide bonds. The van der Waals surface area contributed by atoms with Crippen LogP contribution in [0.4, 0.5) is 4.79 Å². The first-order chi connectivity index (χ1) is 10.0. The van der Waals surface area contributed by atoms with Crippen LogP contribution in [0.1, 0.15) is 19.3 Å². The van der Waals surface area contributed by atoms with E-state index in [9.17, 15) is 9.59 Å². The number of aliphatic hydroxyl groups is 2.